The van der Waals surface area contributed by atoms with Gasteiger partial charge < -0.3 is 15.2 Å². The summed E-state index contributed by atoms with van der Waals surface area (Å²) in [5, 5.41) is 4.81. The fourth-order valence-corrected chi connectivity index (χ4v) is 4.42. The van der Waals surface area contributed by atoms with Crippen molar-refractivity contribution in [3.8, 4) is 11.3 Å². The van der Waals surface area contributed by atoms with Crippen molar-refractivity contribution in [2.75, 3.05) is 13.1 Å². The van der Waals surface area contributed by atoms with Crippen LogP contribution in [0.15, 0.2) is 71.4 Å². The predicted octanol–water partition coefficient (Wildman–Crippen LogP) is 3.59. The lowest BCUT2D eigenvalue weighted by Gasteiger charge is -2.25. The number of benzene rings is 2. The average Bonchev–Trinajstić information content (AvgIpc) is 3.47. The zero-order valence-electron chi connectivity index (χ0n) is 17.7. The summed E-state index contributed by atoms with van der Waals surface area (Å²) in [5.41, 5.74) is 7.37. The van der Waals surface area contributed by atoms with Crippen molar-refractivity contribution in [1.82, 2.24) is 15.0 Å². The van der Waals surface area contributed by atoms with E-state index < -0.39 is 11.3 Å². The minimum atomic E-state index is -0.960. The molecule has 33 heavy (non-hydrogen) atoms. The van der Waals surface area contributed by atoms with Gasteiger partial charge in [0.1, 0.15) is 17.3 Å². The number of primary amides is 1. The van der Waals surface area contributed by atoms with Crippen molar-refractivity contribution in [1.29, 1.82) is 0 Å². The van der Waals surface area contributed by atoms with Gasteiger partial charge in [-0.3, -0.25) is 14.6 Å². The largest absolute Gasteiger partial charge is 0.369 e. The molecule has 0 saturated carbocycles. The zero-order chi connectivity index (χ0) is 23.0. The lowest BCUT2D eigenvalue weighted by molar-refractivity contribution is -0.127. The molecule has 8 heteroatoms. The van der Waals surface area contributed by atoms with E-state index in [1.54, 1.807) is 47.5 Å². The number of amides is 2. The van der Waals surface area contributed by atoms with Crippen molar-refractivity contribution in [3.05, 3.63) is 84.0 Å². The molecule has 1 atom stereocenters. The van der Waals surface area contributed by atoms with E-state index in [9.17, 15) is 14.0 Å². The van der Waals surface area contributed by atoms with E-state index in [1.165, 1.54) is 12.1 Å². The molecule has 3 heterocycles. The van der Waals surface area contributed by atoms with Crippen LogP contribution in [0.25, 0.3) is 22.2 Å². The third-order valence-corrected chi connectivity index (χ3v) is 6.25. The fraction of sp³-hybridized carbons (Fsp3) is 0.200. The van der Waals surface area contributed by atoms with E-state index in [1.807, 2.05) is 12.1 Å². The Balaban J connectivity index is 1.38. The Bertz CT molecular complexity index is 1350. The van der Waals surface area contributed by atoms with E-state index in [4.69, 9.17) is 10.3 Å². The van der Waals surface area contributed by atoms with Crippen molar-refractivity contribution < 1.29 is 18.5 Å². The highest BCUT2D eigenvalue weighted by atomic mass is 19.1. The third kappa shape index (κ3) is 3.84. The lowest BCUT2D eigenvalue weighted by Crippen LogP contribution is -2.42. The van der Waals surface area contributed by atoms with Gasteiger partial charge in [-0.2, -0.15) is 0 Å². The Hall–Kier alpha value is -4.07. The number of carbonyl (C=O) groups excluding carboxylic acids is 2. The normalized spacial score (nSPS) is 18.0. The molecule has 166 valence electrons. The first-order chi connectivity index (χ1) is 15.9. The van der Waals surface area contributed by atoms with Crippen molar-refractivity contribution in [2.45, 2.75) is 12.8 Å². The third-order valence-electron chi connectivity index (χ3n) is 6.25. The predicted molar refractivity (Wildman–Crippen MR) is 119 cm³/mol. The molecule has 2 aromatic carbocycles. The summed E-state index contributed by atoms with van der Waals surface area (Å²) >= 11 is 0. The minimum Gasteiger partial charge on any atom is -0.369 e. The highest BCUT2D eigenvalue weighted by Crippen LogP contribution is 2.36. The highest BCUT2D eigenvalue weighted by molar-refractivity contribution is 6.06. The smallest absolute Gasteiger partial charge is 0.254 e. The van der Waals surface area contributed by atoms with E-state index in [0.29, 0.717) is 35.5 Å². The number of likely N-dealkylation sites (tertiary alicyclic amines) is 1. The number of hydrogen-bond donors (Lipinski definition) is 1. The van der Waals surface area contributed by atoms with Crippen LogP contribution in [0.5, 0.6) is 0 Å². The van der Waals surface area contributed by atoms with Crippen molar-refractivity contribution in [2.24, 2.45) is 11.1 Å². The van der Waals surface area contributed by atoms with Gasteiger partial charge in [-0.15, -0.1) is 0 Å². The number of aromatic nitrogens is 2. The van der Waals surface area contributed by atoms with Crippen LogP contribution in [0.2, 0.25) is 0 Å². The first-order valence-electron chi connectivity index (χ1n) is 10.6. The van der Waals surface area contributed by atoms with E-state index in [0.717, 1.165) is 10.9 Å². The maximum absolute atomic E-state index is 13.3. The van der Waals surface area contributed by atoms with E-state index in [-0.39, 0.29) is 24.7 Å². The number of carbonyl (C=O) groups is 2. The van der Waals surface area contributed by atoms with Crippen molar-refractivity contribution >= 4 is 22.7 Å². The molecule has 1 saturated heterocycles. The van der Waals surface area contributed by atoms with Crippen LogP contribution in [0.1, 0.15) is 22.5 Å². The molecule has 0 spiro atoms. The molecule has 4 aromatic rings. The number of nitrogens with zero attached hydrogens (tertiary/aromatic N) is 3. The molecule has 7 nitrogen and oxygen atoms in total. The standard InChI is InChI=1S/C25H21FN4O3/c26-17-8-6-16(7-9-17)22-13-18(33-29-22)14-25(24(27)32)10-12-30(15-25)23(31)20-3-1-5-21-19(20)4-2-11-28-21/h1-9,11,13H,10,12,14-15H2,(H2,27,32)/t25-/m0/s1. The van der Waals surface area contributed by atoms with Crippen LogP contribution in [0.3, 0.4) is 0 Å². The second-order valence-electron chi connectivity index (χ2n) is 8.36. The van der Waals surface area contributed by atoms with Gasteiger partial charge in [0, 0.05) is 48.3 Å². The molecule has 1 aliphatic heterocycles. The van der Waals surface area contributed by atoms with Gasteiger partial charge in [-0.25, -0.2) is 4.39 Å². The highest BCUT2D eigenvalue weighted by Gasteiger charge is 2.46. The van der Waals surface area contributed by atoms with Crippen LogP contribution in [-0.4, -0.2) is 39.9 Å². The summed E-state index contributed by atoms with van der Waals surface area (Å²) < 4.78 is 18.7. The monoisotopic (exact) mass is 444 g/mol. The number of fused-ring (bicyclic) bond motifs is 1. The van der Waals surface area contributed by atoms with Gasteiger partial charge in [0.15, 0.2) is 0 Å². The van der Waals surface area contributed by atoms with Gasteiger partial charge in [0.2, 0.25) is 5.91 Å². The molecular formula is C25H21FN4O3. The molecule has 1 fully saturated rings. The number of nitrogens with two attached hydrogens (primary N) is 1. The average molecular weight is 444 g/mol. The Morgan fingerprint density at radius 1 is 1.12 bits per heavy atom. The summed E-state index contributed by atoms with van der Waals surface area (Å²) in [6.45, 7) is 0.585. The summed E-state index contributed by atoms with van der Waals surface area (Å²) in [6, 6.07) is 16.7. The summed E-state index contributed by atoms with van der Waals surface area (Å²) in [7, 11) is 0. The summed E-state index contributed by atoms with van der Waals surface area (Å²) in [4.78, 5) is 31.8. The SMILES string of the molecule is NC(=O)[C@]1(Cc2cc(-c3ccc(F)cc3)no2)CCN(C(=O)c2cccc3ncccc23)C1. The summed E-state index contributed by atoms with van der Waals surface area (Å²) in [6.07, 6.45) is 2.32. The minimum absolute atomic E-state index is 0.165. The first kappa shape index (κ1) is 20.8. The van der Waals surface area contributed by atoms with Gasteiger partial charge in [0.25, 0.3) is 5.91 Å². The first-order valence-corrected chi connectivity index (χ1v) is 10.6. The van der Waals surface area contributed by atoms with Crippen LogP contribution < -0.4 is 5.73 Å². The molecule has 0 radical (unpaired) electrons. The van der Waals surface area contributed by atoms with Gasteiger partial charge in [0.05, 0.1) is 10.9 Å². The molecule has 2 N–H and O–H groups in total. The molecule has 0 bridgehead atoms. The Labute approximate surface area is 189 Å². The van der Waals surface area contributed by atoms with Crippen molar-refractivity contribution in [3.63, 3.8) is 0 Å². The second-order valence-corrected chi connectivity index (χ2v) is 8.36. The Kier molecular flexibility index (Phi) is 5.12. The van der Waals surface area contributed by atoms with Crippen LogP contribution in [-0.2, 0) is 11.2 Å². The quantitative estimate of drug-likeness (QED) is 0.507. The Morgan fingerprint density at radius 2 is 1.94 bits per heavy atom. The fourth-order valence-electron chi connectivity index (χ4n) is 4.42. The maximum Gasteiger partial charge on any atom is 0.254 e. The van der Waals surface area contributed by atoms with Crippen LogP contribution in [0, 0.1) is 11.2 Å². The molecule has 1 aliphatic rings. The van der Waals surface area contributed by atoms with Gasteiger partial charge in [-0.1, -0.05) is 17.3 Å². The molecular weight excluding hydrogens is 423 g/mol. The number of pyridine rings is 1. The molecule has 2 amide bonds. The van der Waals surface area contributed by atoms with Gasteiger partial charge >= 0.3 is 0 Å². The van der Waals surface area contributed by atoms with Crippen LogP contribution in [0.4, 0.5) is 4.39 Å². The second kappa shape index (κ2) is 8.12. The summed E-state index contributed by atoms with van der Waals surface area (Å²) in [5.74, 6) is -0.511. The maximum atomic E-state index is 13.3. The molecule has 2 aromatic heterocycles. The molecule has 5 rings (SSSR count). The number of halogens is 1. The topological polar surface area (TPSA) is 102 Å². The van der Waals surface area contributed by atoms with Gasteiger partial charge in [-0.05, 0) is 48.9 Å². The lowest BCUT2D eigenvalue weighted by atomic mass is 9.81. The number of rotatable bonds is 5. The van der Waals surface area contributed by atoms with E-state index >= 15 is 0 Å². The molecule has 0 aliphatic carbocycles. The van der Waals surface area contributed by atoms with E-state index in [2.05, 4.69) is 10.1 Å². The van der Waals surface area contributed by atoms with Crippen LogP contribution >= 0.6 is 0 Å². The molecule has 0 unspecified atom stereocenters. The Morgan fingerprint density at radius 3 is 2.73 bits per heavy atom. The zero-order valence-corrected chi connectivity index (χ0v) is 17.7. The number of hydrogen-bond acceptors (Lipinski definition) is 5.